The second-order valence-electron chi connectivity index (χ2n) is 3.93. The van der Waals surface area contributed by atoms with E-state index in [0.29, 0.717) is 17.1 Å². The molecule has 0 heterocycles. The minimum Gasteiger partial charge on any atom is -0.313 e. The molecule has 0 aromatic heterocycles. The van der Waals surface area contributed by atoms with Crippen LogP contribution in [0.5, 0.6) is 0 Å². The lowest BCUT2D eigenvalue weighted by molar-refractivity contribution is 0.574. The molecule has 4 heteroatoms. The summed E-state index contributed by atoms with van der Waals surface area (Å²) in [7, 11) is 0. The minimum atomic E-state index is -0.229. The Morgan fingerprint density at radius 2 is 2.12 bits per heavy atom. The first-order valence-corrected chi connectivity index (χ1v) is 7.65. The largest absolute Gasteiger partial charge is 0.313 e. The van der Waals surface area contributed by atoms with Crippen LogP contribution in [0.15, 0.2) is 18.2 Å². The molecule has 1 aromatic carbocycles. The average Bonchev–Trinajstić information content (AvgIpc) is 2.31. The zero-order chi connectivity index (χ0) is 12.5. The van der Waals surface area contributed by atoms with Crippen molar-refractivity contribution < 1.29 is 4.39 Å². The van der Waals surface area contributed by atoms with E-state index in [9.17, 15) is 4.39 Å². The Hall–Kier alpha value is -0.250. The van der Waals surface area contributed by atoms with Gasteiger partial charge in [-0.2, -0.15) is 11.8 Å². The van der Waals surface area contributed by atoms with E-state index < -0.39 is 0 Å². The van der Waals surface area contributed by atoms with Crippen molar-refractivity contribution in [3.8, 4) is 0 Å². The molecule has 0 aliphatic rings. The van der Waals surface area contributed by atoms with Gasteiger partial charge in [-0.3, -0.25) is 0 Å². The van der Waals surface area contributed by atoms with Gasteiger partial charge in [0.25, 0.3) is 0 Å². The van der Waals surface area contributed by atoms with Crippen LogP contribution < -0.4 is 5.32 Å². The Morgan fingerprint density at radius 1 is 1.29 bits per heavy atom. The molecule has 1 aromatic rings. The van der Waals surface area contributed by atoms with Gasteiger partial charge in [0, 0.05) is 17.1 Å². The Balaban J connectivity index is 2.18. The maximum atomic E-state index is 13.4. The topological polar surface area (TPSA) is 12.0 Å². The van der Waals surface area contributed by atoms with Gasteiger partial charge < -0.3 is 5.32 Å². The molecule has 0 bridgehead atoms. The first-order valence-electron chi connectivity index (χ1n) is 5.88. The van der Waals surface area contributed by atoms with Gasteiger partial charge in [0.1, 0.15) is 5.82 Å². The van der Waals surface area contributed by atoms with Crippen LogP contribution in [-0.4, -0.2) is 18.6 Å². The highest BCUT2D eigenvalue weighted by Gasteiger charge is 2.05. The molecule has 0 unspecified atom stereocenters. The zero-order valence-electron chi connectivity index (χ0n) is 10.1. The van der Waals surface area contributed by atoms with Crippen LogP contribution in [0.3, 0.4) is 0 Å². The van der Waals surface area contributed by atoms with Crippen molar-refractivity contribution >= 4 is 23.4 Å². The smallest absolute Gasteiger partial charge is 0.129 e. The van der Waals surface area contributed by atoms with Crippen molar-refractivity contribution in [3.05, 3.63) is 34.6 Å². The van der Waals surface area contributed by atoms with Crippen molar-refractivity contribution in [1.82, 2.24) is 5.32 Å². The molecule has 1 N–H and O–H groups in total. The molecule has 0 aliphatic heterocycles. The number of hydrogen-bond acceptors (Lipinski definition) is 2. The standard InChI is InChI=1S/C13H19ClFNS/c1-17-9-4-2-3-8-16-10-11-12(14)6-5-7-13(11)15/h5-7,16H,2-4,8-10H2,1H3. The Bertz CT molecular complexity index is 313. The highest BCUT2D eigenvalue weighted by Crippen LogP contribution is 2.18. The molecule has 96 valence electrons. The van der Waals surface area contributed by atoms with E-state index in [0.717, 1.165) is 13.0 Å². The lowest BCUT2D eigenvalue weighted by Crippen LogP contribution is -2.16. The number of hydrogen-bond donors (Lipinski definition) is 1. The van der Waals surface area contributed by atoms with Gasteiger partial charge in [-0.25, -0.2) is 4.39 Å². The fourth-order valence-electron chi connectivity index (χ4n) is 1.59. The monoisotopic (exact) mass is 275 g/mol. The maximum absolute atomic E-state index is 13.4. The molecule has 0 fully saturated rings. The van der Waals surface area contributed by atoms with E-state index in [-0.39, 0.29) is 5.82 Å². The summed E-state index contributed by atoms with van der Waals surface area (Å²) in [5.74, 6) is 0.992. The third-order valence-electron chi connectivity index (χ3n) is 2.57. The van der Waals surface area contributed by atoms with Crippen LogP contribution in [0, 0.1) is 5.82 Å². The number of rotatable bonds is 8. The van der Waals surface area contributed by atoms with E-state index in [1.54, 1.807) is 12.1 Å². The summed E-state index contributed by atoms with van der Waals surface area (Å²) in [6.07, 6.45) is 5.73. The molecule has 0 saturated heterocycles. The lowest BCUT2D eigenvalue weighted by atomic mass is 10.2. The van der Waals surface area contributed by atoms with Crippen LogP contribution in [0.4, 0.5) is 4.39 Å². The lowest BCUT2D eigenvalue weighted by Gasteiger charge is -2.07. The summed E-state index contributed by atoms with van der Waals surface area (Å²) in [4.78, 5) is 0. The molecule has 17 heavy (non-hydrogen) atoms. The molecule has 0 radical (unpaired) electrons. The van der Waals surface area contributed by atoms with E-state index in [2.05, 4.69) is 11.6 Å². The number of halogens is 2. The number of benzene rings is 1. The van der Waals surface area contributed by atoms with Crippen molar-refractivity contribution in [2.24, 2.45) is 0 Å². The molecule has 1 nitrogen and oxygen atoms in total. The molecular formula is C13H19ClFNS. The molecule has 0 amide bonds. The van der Waals surface area contributed by atoms with E-state index in [4.69, 9.17) is 11.6 Å². The van der Waals surface area contributed by atoms with Crippen molar-refractivity contribution in [2.75, 3.05) is 18.6 Å². The SMILES string of the molecule is CSCCCCCNCc1c(F)cccc1Cl. The minimum absolute atomic E-state index is 0.229. The van der Waals surface area contributed by atoms with Crippen molar-refractivity contribution in [3.63, 3.8) is 0 Å². The van der Waals surface area contributed by atoms with Gasteiger partial charge in [-0.1, -0.05) is 24.1 Å². The molecule has 0 atom stereocenters. The van der Waals surface area contributed by atoms with Crippen LogP contribution in [0.2, 0.25) is 5.02 Å². The normalized spacial score (nSPS) is 10.8. The fourth-order valence-corrected chi connectivity index (χ4v) is 2.31. The van der Waals surface area contributed by atoms with Gasteiger partial charge in [0.15, 0.2) is 0 Å². The van der Waals surface area contributed by atoms with Crippen LogP contribution in [-0.2, 0) is 6.54 Å². The Kier molecular flexibility index (Phi) is 7.65. The third kappa shape index (κ3) is 5.75. The van der Waals surface area contributed by atoms with Gasteiger partial charge in [-0.05, 0) is 43.5 Å². The molecule has 1 rings (SSSR count). The first-order chi connectivity index (χ1) is 8.25. The van der Waals surface area contributed by atoms with Gasteiger partial charge >= 0.3 is 0 Å². The summed E-state index contributed by atoms with van der Waals surface area (Å²) in [5.41, 5.74) is 0.568. The zero-order valence-corrected chi connectivity index (χ0v) is 11.7. The second-order valence-corrected chi connectivity index (χ2v) is 5.32. The molecule has 0 saturated carbocycles. The van der Waals surface area contributed by atoms with Crippen LogP contribution >= 0.6 is 23.4 Å². The predicted octanol–water partition coefficient (Wildman–Crippen LogP) is 4.10. The molecular weight excluding hydrogens is 257 g/mol. The van der Waals surface area contributed by atoms with Gasteiger partial charge in [0.05, 0.1) is 0 Å². The highest BCUT2D eigenvalue weighted by atomic mass is 35.5. The van der Waals surface area contributed by atoms with Crippen LogP contribution in [0.25, 0.3) is 0 Å². The summed E-state index contributed by atoms with van der Waals surface area (Å²) >= 11 is 7.81. The van der Waals surface area contributed by atoms with Crippen molar-refractivity contribution in [2.45, 2.75) is 25.8 Å². The average molecular weight is 276 g/mol. The van der Waals surface area contributed by atoms with E-state index in [1.165, 1.54) is 24.7 Å². The summed E-state index contributed by atoms with van der Waals surface area (Å²) in [5, 5.41) is 3.73. The molecule has 0 aliphatic carbocycles. The quantitative estimate of drug-likeness (QED) is 0.717. The van der Waals surface area contributed by atoms with Crippen LogP contribution in [0.1, 0.15) is 24.8 Å². The van der Waals surface area contributed by atoms with E-state index in [1.807, 2.05) is 11.8 Å². The Labute approximate surface area is 112 Å². The predicted molar refractivity (Wildman–Crippen MR) is 75.3 cm³/mol. The summed E-state index contributed by atoms with van der Waals surface area (Å²) in [6.45, 7) is 1.42. The van der Waals surface area contributed by atoms with Gasteiger partial charge in [0.2, 0.25) is 0 Å². The number of nitrogens with one attached hydrogen (secondary N) is 1. The Morgan fingerprint density at radius 3 is 2.82 bits per heavy atom. The number of thioether (sulfide) groups is 1. The second kappa shape index (κ2) is 8.78. The third-order valence-corrected chi connectivity index (χ3v) is 3.62. The summed E-state index contributed by atoms with van der Waals surface area (Å²) in [6, 6.07) is 4.80. The fraction of sp³-hybridized carbons (Fsp3) is 0.538. The number of unbranched alkanes of at least 4 members (excludes halogenated alkanes) is 2. The first kappa shape index (κ1) is 14.8. The van der Waals surface area contributed by atoms with Gasteiger partial charge in [-0.15, -0.1) is 0 Å². The highest BCUT2D eigenvalue weighted by molar-refractivity contribution is 7.98. The maximum Gasteiger partial charge on any atom is 0.129 e. The van der Waals surface area contributed by atoms with Crippen molar-refractivity contribution in [1.29, 1.82) is 0 Å². The summed E-state index contributed by atoms with van der Waals surface area (Å²) < 4.78 is 13.4. The van der Waals surface area contributed by atoms with E-state index >= 15 is 0 Å². The molecule has 0 spiro atoms.